The van der Waals surface area contributed by atoms with E-state index in [1.807, 2.05) is 61.0 Å². The molecule has 2 aromatic carbocycles. The number of nitrogens with zero attached hydrogens (tertiary/aromatic N) is 3. The first kappa shape index (κ1) is 17.3. The summed E-state index contributed by atoms with van der Waals surface area (Å²) in [5.74, 6) is 0. The standard InChI is InChI=1S/C19H16IN3O2/c1-13-9-15(12-21-17-6-3-5-16(20)10-17)14(2)22(13)18-7-4-8-19(11-18)23(24)25/h3-12H,1-2H3. The van der Waals surface area contributed by atoms with Gasteiger partial charge in [0.2, 0.25) is 0 Å². The van der Waals surface area contributed by atoms with E-state index in [0.29, 0.717) is 0 Å². The molecule has 25 heavy (non-hydrogen) atoms. The summed E-state index contributed by atoms with van der Waals surface area (Å²) in [4.78, 5) is 15.2. The molecule has 0 amide bonds. The smallest absolute Gasteiger partial charge is 0.271 e. The summed E-state index contributed by atoms with van der Waals surface area (Å²) in [7, 11) is 0. The number of halogens is 1. The highest BCUT2D eigenvalue weighted by atomic mass is 127. The molecule has 0 aliphatic rings. The Morgan fingerprint density at radius 2 is 1.88 bits per heavy atom. The monoisotopic (exact) mass is 445 g/mol. The van der Waals surface area contributed by atoms with Gasteiger partial charge >= 0.3 is 0 Å². The third-order valence-corrected chi connectivity index (χ3v) is 4.60. The van der Waals surface area contributed by atoms with Crippen LogP contribution in [0.3, 0.4) is 0 Å². The molecule has 3 aromatic rings. The molecule has 0 atom stereocenters. The number of aryl methyl sites for hydroxylation is 1. The van der Waals surface area contributed by atoms with E-state index < -0.39 is 0 Å². The van der Waals surface area contributed by atoms with Crippen LogP contribution in [0.15, 0.2) is 59.6 Å². The molecule has 0 saturated carbocycles. The van der Waals surface area contributed by atoms with E-state index in [9.17, 15) is 10.1 Å². The van der Waals surface area contributed by atoms with Gasteiger partial charge in [-0.3, -0.25) is 15.1 Å². The summed E-state index contributed by atoms with van der Waals surface area (Å²) >= 11 is 2.26. The molecule has 1 heterocycles. The summed E-state index contributed by atoms with van der Waals surface area (Å²) in [6.45, 7) is 3.97. The number of hydrogen-bond acceptors (Lipinski definition) is 3. The molecule has 5 nitrogen and oxygen atoms in total. The molecule has 126 valence electrons. The Bertz CT molecular complexity index is 977. The Morgan fingerprint density at radius 3 is 2.60 bits per heavy atom. The zero-order valence-corrected chi connectivity index (χ0v) is 16.0. The van der Waals surface area contributed by atoms with Crippen LogP contribution in [0.1, 0.15) is 17.0 Å². The first-order chi connectivity index (χ1) is 12.0. The van der Waals surface area contributed by atoms with Crippen molar-refractivity contribution in [2.75, 3.05) is 0 Å². The molecular weight excluding hydrogens is 429 g/mol. The third-order valence-electron chi connectivity index (χ3n) is 3.93. The van der Waals surface area contributed by atoms with Crippen molar-refractivity contribution in [2.24, 2.45) is 4.99 Å². The molecule has 6 heteroatoms. The van der Waals surface area contributed by atoms with E-state index in [1.165, 1.54) is 6.07 Å². The minimum atomic E-state index is -0.378. The lowest BCUT2D eigenvalue weighted by molar-refractivity contribution is -0.384. The van der Waals surface area contributed by atoms with Gasteiger partial charge in [-0.2, -0.15) is 0 Å². The molecular formula is C19H16IN3O2. The van der Waals surface area contributed by atoms with Crippen molar-refractivity contribution in [2.45, 2.75) is 13.8 Å². The Labute approximate surface area is 159 Å². The molecule has 0 saturated heterocycles. The average Bonchev–Trinajstić information content (AvgIpc) is 2.87. The lowest BCUT2D eigenvalue weighted by atomic mass is 10.2. The molecule has 0 unspecified atom stereocenters. The SMILES string of the molecule is Cc1cc(C=Nc2cccc(I)c2)c(C)n1-c1cccc([N+](=O)[O-])c1. The van der Waals surface area contributed by atoms with Gasteiger partial charge in [-0.25, -0.2) is 0 Å². The number of rotatable bonds is 4. The summed E-state index contributed by atoms with van der Waals surface area (Å²) in [5.41, 5.74) is 4.74. The van der Waals surface area contributed by atoms with Crippen molar-refractivity contribution in [1.82, 2.24) is 4.57 Å². The molecule has 0 bridgehead atoms. The molecule has 0 fully saturated rings. The van der Waals surface area contributed by atoms with Gasteiger partial charge in [0, 0.05) is 38.9 Å². The first-order valence-electron chi connectivity index (χ1n) is 7.69. The van der Waals surface area contributed by atoms with Crippen LogP contribution in [-0.4, -0.2) is 15.7 Å². The van der Waals surface area contributed by atoms with Gasteiger partial charge in [0.15, 0.2) is 0 Å². The lowest BCUT2D eigenvalue weighted by Gasteiger charge is -2.09. The predicted octanol–water partition coefficient (Wildman–Crippen LogP) is 5.36. The molecule has 0 aliphatic heterocycles. The van der Waals surface area contributed by atoms with Crippen LogP contribution < -0.4 is 0 Å². The number of aromatic nitrogens is 1. The van der Waals surface area contributed by atoms with E-state index in [2.05, 4.69) is 27.6 Å². The fourth-order valence-corrected chi connectivity index (χ4v) is 3.29. The number of non-ortho nitro benzene ring substituents is 1. The van der Waals surface area contributed by atoms with Crippen molar-refractivity contribution in [1.29, 1.82) is 0 Å². The van der Waals surface area contributed by atoms with Crippen molar-refractivity contribution in [3.8, 4) is 5.69 Å². The van der Waals surface area contributed by atoms with E-state index in [1.54, 1.807) is 12.1 Å². The second-order valence-corrected chi connectivity index (χ2v) is 6.92. The molecule has 3 rings (SSSR count). The van der Waals surface area contributed by atoms with Crippen LogP contribution in [0.25, 0.3) is 5.69 Å². The zero-order valence-electron chi connectivity index (χ0n) is 13.8. The molecule has 0 spiro atoms. The fourth-order valence-electron chi connectivity index (χ4n) is 2.76. The van der Waals surface area contributed by atoms with E-state index in [0.717, 1.165) is 31.9 Å². The van der Waals surface area contributed by atoms with Gasteiger partial charge < -0.3 is 4.57 Å². The van der Waals surface area contributed by atoms with Crippen molar-refractivity contribution in [3.63, 3.8) is 0 Å². The Hall–Kier alpha value is -2.48. The van der Waals surface area contributed by atoms with E-state index in [4.69, 9.17) is 0 Å². The Kier molecular flexibility index (Phi) is 4.98. The van der Waals surface area contributed by atoms with E-state index >= 15 is 0 Å². The van der Waals surface area contributed by atoms with Crippen molar-refractivity contribution >= 4 is 40.2 Å². The summed E-state index contributed by atoms with van der Waals surface area (Å²) in [5, 5.41) is 11.0. The van der Waals surface area contributed by atoms with Gasteiger partial charge in [0.1, 0.15) is 0 Å². The highest BCUT2D eigenvalue weighted by molar-refractivity contribution is 14.1. The molecule has 1 aromatic heterocycles. The lowest BCUT2D eigenvalue weighted by Crippen LogP contribution is -2.00. The van der Waals surface area contributed by atoms with Gasteiger partial charge in [0.05, 0.1) is 16.3 Å². The van der Waals surface area contributed by atoms with Crippen molar-refractivity contribution in [3.05, 3.63) is 85.2 Å². The number of aliphatic imine (C=N–C) groups is 1. The highest BCUT2D eigenvalue weighted by Crippen LogP contribution is 2.24. The maximum atomic E-state index is 11.0. The summed E-state index contributed by atoms with van der Waals surface area (Å²) in [6.07, 6.45) is 1.83. The third kappa shape index (κ3) is 3.79. The molecule has 0 N–H and O–H groups in total. The highest BCUT2D eigenvalue weighted by Gasteiger charge is 2.12. The average molecular weight is 445 g/mol. The van der Waals surface area contributed by atoms with Crippen LogP contribution in [-0.2, 0) is 0 Å². The minimum absolute atomic E-state index is 0.0825. The largest absolute Gasteiger partial charge is 0.318 e. The molecule has 0 radical (unpaired) electrons. The van der Waals surface area contributed by atoms with Crippen LogP contribution in [0, 0.1) is 27.5 Å². The normalized spacial score (nSPS) is 11.2. The summed E-state index contributed by atoms with van der Waals surface area (Å²) < 4.78 is 3.14. The molecule has 0 aliphatic carbocycles. The second kappa shape index (κ2) is 7.18. The maximum Gasteiger partial charge on any atom is 0.271 e. The fraction of sp³-hybridized carbons (Fsp3) is 0.105. The van der Waals surface area contributed by atoms with Crippen LogP contribution in [0.4, 0.5) is 11.4 Å². The summed E-state index contributed by atoms with van der Waals surface area (Å²) in [6, 6.07) is 16.6. The first-order valence-corrected chi connectivity index (χ1v) is 8.77. The van der Waals surface area contributed by atoms with Crippen LogP contribution in [0.2, 0.25) is 0 Å². The van der Waals surface area contributed by atoms with Crippen LogP contribution in [0.5, 0.6) is 0 Å². The minimum Gasteiger partial charge on any atom is -0.318 e. The Morgan fingerprint density at radius 1 is 1.12 bits per heavy atom. The van der Waals surface area contributed by atoms with Crippen LogP contribution >= 0.6 is 22.6 Å². The number of benzene rings is 2. The van der Waals surface area contributed by atoms with Gasteiger partial charge in [-0.15, -0.1) is 0 Å². The topological polar surface area (TPSA) is 60.4 Å². The maximum absolute atomic E-state index is 11.0. The van der Waals surface area contributed by atoms with Gasteiger partial charge in [-0.1, -0.05) is 12.1 Å². The van der Waals surface area contributed by atoms with Gasteiger partial charge in [-0.05, 0) is 66.8 Å². The van der Waals surface area contributed by atoms with Gasteiger partial charge in [0.25, 0.3) is 5.69 Å². The van der Waals surface area contributed by atoms with E-state index in [-0.39, 0.29) is 10.6 Å². The Balaban J connectivity index is 1.99. The quantitative estimate of drug-likeness (QED) is 0.235. The second-order valence-electron chi connectivity index (χ2n) is 5.68. The number of nitro benzene ring substituents is 1. The number of hydrogen-bond donors (Lipinski definition) is 0. The number of nitro groups is 1. The predicted molar refractivity (Wildman–Crippen MR) is 108 cm³/mol. The van der Waals surface area contributed by atoms with Crippen molar-refractivity contribution < 1.29 is 4.92 Å². The zero-order chi connectivity index (χ0) is 18.0.